The Balaban J connectivity index is 4.47. The maximum Gasteiger partial charge on any atom is 0.306 e. The van der Waals surface area contributed by atoms with E-state index in [9.17, 15) is 24.2 Å². The molecule has 11 heteroatoms. The Bertz CT molecular complexity index is 982. The Morgan fingerprint density at radius 2 is 1.19 bits per heavy atom. The average Bonchev–Trinajstić information content (AvgIpc) is 3.10. The molecule has 0 aromatic heterocycles. The molecule has 0 radical (unpaired) electrons. The molecule has 0 aliphatic rings. The molecule has 0 rings (SSSR count). The van der Waals surface area contributed by atoms with Crippen molar-refractivity contribution in [3.63, 3.8) is 0 Å². The summed E-state index contributed by atoms with van der Waals surface area (Å²) in [5.74, 6) is -0.903. The number of aliphatic hydroxyl groups excluding tert-OH is 1. The molecule has 0 aliphatic heterocycles. The van der Waals surface area contributed by atoms with Crippen LogP contribution in [0.25, 0.3) is 0 Å². The smallest absolute Gasteiger partial charge is 0.306 e. The first-order valence-electron chi connectivity index (χ1n) is 21.2. The lowest BCUT2D eigenvalue weighted by atomic mass is 10.0. The van der Waals surface area contributed by atoms with Gasteiger partial charge in [0.15, 0.2) is 6.10 Å². The minimum absolute atomic E-state index is 0.0466. The van der Waals surface area contributed by atoms with E-state index in [1.807, 2.05) is 39.4 Å². The van der Waals surface area contributed by atoms with Crippen molar-refractivity contribution in [2.45, 2.75) is 187 Å². The molecular formula is C42H80NO9P. The highest BCUT2D eigenvalue weighted by atomic mass is 31.2. The van der Waals surface area contributed by atoms with Gasteiger partial charge in [0.25, 0.3) is 7.82 Å². The van der Waals surface area contributed by atoms with Crippen LogP contribution in [0.15, 0.2) is 24.3 Å². The molecule has 0 fully saturated rings. The van der Waals surface area contributed by atoms with Gasteiger partial charge in [-0.15, -0.1) is 0 Å². The van der Waals surface area contributed by atoms with Crippen LogP contribution in [-0.2, 0) is 32.7 Å². The first kappa shape index (κ1) is 51.5. The number of likely N-dealkylation sites (N-methyl/N-ethyl adjacent to an activating group) is 1. The number of carbonyl (C=O) groups is 2. The summed E-state index contributed by atoms with van der Waals surface area (Å²) in [6.45, 7) is 4.07. The summed E-state index contributed by atoms with van der Waals surface area (Å²) in [4.78, 5) is 37.4. The zero-order valence-electron chi connectivity index (χ0n) is 34.6. The van der Waals surface area contributed by atoms with Crippen LogP contribution in [0.5, 0.6) is 0 Å². The molecule has 0 amide bonds. The highest BCUT2D eigenvalue weighted by Gasteiger charge is 2.21. The summed E-state index contributed by atoms with van der Waals surface area (Å²) >= 11 is 0. The number of nitrogens with zero attached hydrogens (tertiary/aromatic N) is 1. The number of hydrogen-bond donors (Lipinski definition) is 1. The lowest BCUT2D eigenvalue weighted by Gasteiger charge is -2.28. The fourth-order valence-corrected chi connectivity index (χ4v) is 6.40. The average molecular weight is 774 g/mol. The van der Waals surface area contributed by atoms with Gasteiger partial charge in [-0.25, -0.2) is 0 Å². The molecule has 0 saturated heterocycles. The Labute approximate surface area is 324 Å². The zero-order chi connectivity index (χ0) is 39.5. The number of phosphoric ester groups is 1. The van der Waals surface area contributed by atoms with E-state index in [0.29, 0.717) is 23.9 Å². The van der Waals surface area contributed by atoms with Crippen molar-refractivity contribution in [3.05, 3.63) is 24.3 Å². The van der Waals surface area contributed by atoms with Crippen molar-refractivity contribution < 1.29 is 47.2 Å². The molecule has 2 unspecified atom stereocenters. The molecule has 1 N–H and O–H groups in total. The molecule has 312 valence electrons. The fraction of sp³-hybridized carbons (Fsp3) is 0.857. The first-order chi connectivity index (χ1) is 25.4. The van der Waals surface area contributed by atoms with E-state index in [1.165, 1.54) is 83.5 Å². The number of ether oxygens (including phenoxy) is 2. The van der Waals surface area contributed by atoms with E-state index in [4.69, 9.17) is 18.5 Å². The van der Waals surface area contributed by atoms with Crippen molar-refractivity contribution in [2.75, 3.05) is 47.5 Å². The Morgan fingerprint density at radius 1 is 0.679 bits per heavy atom. The van der Waals surface area contributed by atoms with Crippen molar-refractivity contribution >= 4 is 19.8 Å². The summed E-state index contributed by atoms with van der Waals surface area (Å²) in [6, 6.07) is 0. The molecule has 10 nitrogen and oxygen atoms in total. The van der Waals surface area contributed by atoms with Gasteiger partial charge < -0.3 is 33.0 Å². The van der Waals surface area contributed by atoms with Gasteiger partial charge in [-0.05, 0) is 32.1 Å². The third-order valence-electron chi connectivity index (χ3n) is 9.08. The first-order valence-corrected chi connectivity index (χ1v) is 22.6. The van der Waals surface area contributed by atoms with Crippen LogP contribution in [0, 0.1) is 0 Å². The lowest BCUT2D eigenvalue weighted by Crippen LogP contribution is -2.37. The summed E-state index contributed by atoms with van der Waals surface area (Å²) < 4.78 is 33.8. The van der Waals surface area contributed by atoms with Crippen molar-refractivity contribution in [1.29, 1.82) is 0 Å². The van der Waals surface area contributed by atoms with E-state index >= 15 is 0 Å². The zero-order valence-corrected chi connectivity index (χ0v) is 35.5. The van der Waals surface area contributed by atoms with Crippen LogP contribution in [0.1, 0.15) is 174 Å². The van der Waals surface area contributed by atoms with Gasteiger partial charge in [0.05, 0.1) is 33.9 Å². The number of unbranched alkanes of at least 4 members (excludes halogenated alkanes) is 19. The van der Waals surface area contributed by atoms with Crippen LogP contribution in [-0.4, -0.2) is 81.2 Å². The van der Waals surface area contributed by atoms with E-state index in [-0.39, 0.29) is 26.1 Å². The third kappa shape index (κ3) is 38.5. The highest BCUT2D eigenvalue weighted by molar-refractivity contribution is 7.45. The van der Waals surface area contributed by atoms with Gasteiger partial charge in [0, 0.05) is 12.8 Å². The molecule has 53 heavy (non-hydrogen) atoms. The van der Waals surface area contributed by atoms with Crippen molar-refractivity contribution in [3.8, 4) is 0 Å². The standard InChI is InChI=1S/C42H80NO9P/c1-6-8-10-12-14-15-16-17-18-19-21-25-29-33-41(45)49-37-40(38-51-53(47,48)50-36-35-43(3,4)5)52-42(46)34-30-26-22-24-28-32-39(44)31-27-23-20-13-11-9-7-2/h20,23,27,31,39-40,44H,6-19,21-22,24-26,28-30,32-38H2,1-5H3/b23-20-,31-27+/t39?,40-/m1/s1. The number of quaternary nitrogens is 1. The molecular weight excluding hydrogens is 693 g/mol. The molecule has 0 aromatic rings. The lowest BCUT2D eigenvalue weighted by molar-refractivity contribution is -0.870. The maximum atomic E-state index is 12.6. The van der Waals surface area contributed by atoms with Crippen LogP contribution < -0.4 is 4.89 Å². The van der Waals surface area contributed by atoms with Gasteiger partial charge in [0.2, 0.25) is 0 Å². The maximum absolute atomic E-state index is 12.6. The largest absolute Gasteiger partial charge is 0.756 e. The predicted octanol–water partition coefficient (Wildman–Crippen LogP) is 9.91. The van der Waals surface area contributed by atoms with Gasteiger partial charge in [-0.1, -0.05) is 154 Å². The number of aliphatic hydroxyl groups is 1. The molecule has 0 spiro atoms. The number of carbonyl (C=O) groups excluding carboxylic acids is 2. The number of hydrogen-bond acceptors (Lipinski definition) is 9. The normalized spacial score (nSPS) is 14.5. The monoisotopic (exact) mass is 774 g/mol. The van der Waals surface area contributed by atoms with Crippen molar-refractivity contribution in [2.24, 2.45) is 0 Å². The van der Waals surface area contributed by atoms with Crippen LogP contribution in [0.4, 0.5) is 0 Å². The number of esters is 2. The van der Waals surface area contributed by atoms with E-state index < -0.39 is 38.6 Å². The highest BCUT2D eigenvalue weighted by Crippen LogP contribution is 2.38. The minimum atomic E-state index is -4.64. The van der Waals surface area contributed by atoms with E-state index in [1.54, 1.807) is 0 Å². The summed E-state index contributed by atoms with van der Waals surface area (Å²) in [7, 11) is 1.11. The number of rotatable bonds is 38. The Kier molecular flexibility index (Phi) is 33.9. The van der Waals surface area contributed by atoms with Gasteiger partial charge in [0.1, 0.15) is 19.8 Å². The Morgan fingerprint density at radius 3 is 1.75 bits per heavy atom. The SMILES string of the molecule is CCCCC/C=C\C=C\C(O)CCCCCCCC(=O)O[C@H](COC(=O)CCCCCCCCCCCCCCC)COP(=O)([O-])OCC[N+](C)(C)C. The molecule has 3 atom stereocenters. The molecule has 0 saturated carbocycles. The topological polar surface area (TPSA) is 131 Å². The van der Waals surface area contributed by atoms with Gasteiger partial charge >= 0.3 is 11.9 Å². The second-order valence-corrected chi connectivity index (χ2v) is 17.0. The van der Waals surface area contributed by atoms with Gasteiger partial charge in [-0.2, -0.15) is 0 Å². The van der Waals surface area contributed by atoms with Crippen LogP contribution >= 0.6 is 7.82 Å². The number of phosphoric acid groups is 1. The van der Waals surface area contributed by atoms with Crippen LogP contribution in [0.2, 0.25) is 0 Å². The third-order valence-corrected chi connectivity index (χ3v) is 10.0. The fourth-order valence-electron chi connectivity index (χ4n) is 5.67. The molecule has 0 aliphatic carbocycles. The Hall–Kier alpha value is -1.55. The minimum Gasteiger partial charge on any atom is -0.756 e. The van der Waals surface area contributed by atoms with Crippen LogP contribution in [0.3, 0.4) is 0 Å². The summed E-state index contributed by atoms with van der Waals surface area (Å²) in [5.41, 5.74) is 0. The number of allylic oxidation sites excluding steroid dienone is 3. The second-order valence-electron chi connectivity index (χ2n) is 15.6. The second kappa shape index (κ2) is 34.9. The van der Waals surface area contributed by atoms with Gasteiger partial charge in [-0.3, -0.25) is 14.2 Å². The van der Waals surface area contributed by atoms with E-state index in [2.05, 4.69) is 19.9 Å². The quantitative estimate of drug-likeness (QED) is 0.0214. The predicted molar refractivity (Wildman–Crippen MR) is 214 cm³/mol. The van der Waals surface area contributed by atoms with Crippen molar-refractivity contribution in [1.82, 2.24) is 0 Å². The summed E-state index contributed by atoms with van der Waals surface area (Å²) in [6.07, 6.45) is 32.2. The molecule has 0 bridgehead atoms. The molecule has 0 aromatic carbocycles. The molecule has 0 heterocycles. The summed E-state index contributed by atoms with van der Waals surface area (Å²) in [5, 5.41) is 10.2. The van der Waals surface area contributed by atoms with E-state index in [0.717, 1.165) is 51.4 Å².